The van der Waals surface area contributed by atoms with Crippen LogP contribution in [0.2, 0.25) is 5.02 Å². The summed E-state index contributed by atoms with van der Waals surface area (Å²) in [7, 11) is 0. The summed E-state index contributed by atoms with van der Waals surface area (Å²) in [5.74, 6) is 0.450. The number of anilines is 2. The van der Waals surface area contributed by atoms with E-state index in [2.05, 4.69) is 20.8 Å². The van der Waals surface area contributed by atoms with Crippen LogP contribution < -0.4 is 15.5 Å². The third-order valence-corrected chi connectivity index (χ3v) is 8.08. The molecule has 2 aromatic heterocycles. The number of nitrogens with zero attached hydrogens (tertiary/aromatic N) is 2. The Morgan fingerprint density at radius 1 is 1.07 bits per heavy atom. The van der Waals surface area contributed by atoms with Crippen LogP contribution in [0.4, 0.5) is 15.9 Å². The van der Waals surface area contributed by atoms with Gasteiger partial charge in [0, 0.05) is 29.0 Å². The van der Waals surface area contributed by atoms with E-state index >= 15 is 0 Å². The molecule has 0 aliphatic carbocycles. The van der Waals surface area contributed by atoms with Crippen molar-refractivity contribution in [2.45, 2.75) is 32.2 Å². The first kappa shape index (κ1) is 28.0. The lowest BCUT2D eigenvalue weighted by Gasteiger charge is -2.21. The number of carbonyl (C=O) groups excluding carboxylic acids is 1. The van der Waals surface area contributed by atoms with Crippen LogP contribution in [0, 0.1) is 5.82 Å². The number of halogens is 2. The number of hydrogen-bond acceptors (Lipinski definition) is 8. The number of fused-ring (bicyclic) bond motifs is 1. The van der Waals surface area contributed by atoms with Crippen LogP contribution in [-0.2, 0) is 16.2 Å². The summed E-state index contributed by atoms with van der Waals surface area (Å²) >= 11 is 7.85. The standard InChI is InChI=1S/C31H26ClFN4O4S/c32-24-16-22(8-10-26(24)40-17-19-4-3-5-21(33)14-19)36-30-23-15-20(7-9-25(23)34-18-35-30)27-11-12-28(42-27)31(38)37-41-29-6-1-2-13-39-29/h3-5,7-12,14-16,18,29H,1-2,6,13,17H2,(H,37,38)(H,34,35,36). The van der Waals surface area contributed by atoms with Gasteiger partial charge < -0.3 is 14.8 Å². The molecule has 8 nitrogen and oxygen atoms in total. The first-order chi connectivity index (χ1) is 20.5. The van der Waals surface area contributed by atoms with Crippen molar-refractivity contribution in [1.29, 1.82) is 0 Å². The van der Waals surface area contributed by atoms with Gasteiger partial charge in [-0.25, -0.2) is 24.7 Å². The Labute approximate surface area is 250 Å². The molecular formula is C31H26ClFN4O4S. The highest BCUT2D eigenvalue weighted by atomic mass is 35.5. The second kappa shape index (κ2) is 12.8. The summed E-state index contributed by atoms with van der Waals surface area (Å²) in [6.45, 7) is 0.828. The van der Waals surface area contributed by atoms with Gasteiger partial charge in [-0.2, -0.15) is 0 Å². The lowest BCUT2D eigenvalue weighted by Crippen LogP contribution is -2.32. The molecule has 214 valence electrons. The molecule has 11 heteroatoms. The smallest absolute Gasteiger partial charge is 0.285 e. The first-order valence-electron chi connectivity index (χ1n) is 13.4. The van der Waals surface area contributed by atoms with Crippen molar-refractivity contribution in [3.05, 3.63) is 100 Å². The van der Waals surface area contributed by atoms with Crippen LogP contribution in [0.3, 0.4) is 0 Å². The SMILES string of the molecule is O=C(NOC1CCCCO1)c1ccc(-c2ccc3ncnc(Nc4ccc(OCc5cccc(F)c5)c(Cl)c4)c3c2)s1. The van der Waals surface area contributed by atoms with E-state index in [0.29, 0.717) is 39.3 Å². The van der Waals surface area contributed by atoms with Gasteiger partial charge in [-0.1, -0.05) is 29.8 Å². The monoisotopic (exact) mass is 604 g/mol. The summed E-state index contributed by atoms with van der Waals surface area (Å²) in [4.78, 5) is 28.4. The molecule has 1 aliphatic rings. The number of hydroxylamine groups is 1. The quantitative estimate of drug-likeness (QED) is 0.167. The van der Waals surface area contributed by atoms with Gasteiger partial charge in [0.25, 0.3) is 5.91 Å². The Morgan fingerprint density at radius 2 is 2.00 bits per heavy atom. The summed E-state index contributed by atoms with van der Waals surface area (Å²) in [6, 6.07) is 21.1. The van der Waals surface area contributed by atoms with E-state index in [-0.39, 0.29) is 18.3 Å². The molecule has 1 amide bonds. The molecule has 6 rings (SSSR count). The maximum absolute atomic E-state index is 13.5. The lowest BCUT2D eigenvalue weighted by molar-refractivity contribution is -0.186. The zero-order chi connectivity index (χ0) is 28.9. The van der Waals surface area contributed by atoms with E-state index in [1.54, 1.807) is 30.3 Å². The predicted octanol–water partition coefficient (Wildman–Crippen LogP) is 7.66. The van der Waals surface area contributed by atoms with Gasteiger partial charge in [0.1, 0.15) is 30.3 Å². The van der Waals surface area contributed by atoms with Gasteiger partial charge in [0.15, 0.2) is 6.29 Å². The van der Waals surface area contributed by atoms with Crippen molar-refractivity contribution in [3.8, 4) is 16.2 Å². The minimum Gasteiger partial charge on any atom is -0.487 e. The highest BCUT2D eigenvalue weighted by Crippen LogP contribution is 2.34. The van der Waals surface area contributed by atoms with Crippen molar-refractivity contribution >= 4 is 51.3 Å². The molecule has 1 fully saturated rings. The summed E-state index contributed by atoms with van der Waals surface area (Å²) < 4.78 is 24.8. The predicted molar refractivity (Wildman–Crippen MR) is 160 cm³/mol. The van der Waals surface area contributed by atoms with Crippen LogP contribution >= 0.6 is 22.9 Å². The molecule has 1 unspecified atom stereocenters. The number of thiophene rings is 1. The molecule has 0 saturated carbocycles. The van der Waals surface area contributed by atoms with Crippen LogP contribution in [0.1, 0.15) is 34.5 Å². The van der Waals surface area contributed by atoms with Crippen molar-refractivity contribution in [3.63, 3.8) is 0 Å². The fourth-order valence-electron chi connectivity index (χ4n) is 4.52. The van der Waals surface area contributed by atoms with Crippen molar-refractivity contribution < 1.29 is 23.5 Å². The number of amides is 1. The lowest BCUT2D eigenvalue weighted by atomic mass is 10.1. The molecule has 5 aromatic rings. The molecule has 0 radical (unpaired) electrons. The highest BCUT2D eigenvalue weighted by molar-refractivity contribution is 7.17. The molecule has 0 spiro atoms. The second-order valence-electron chi connectivity index (χ2n) is 9.65. The van der Waals surface area contributed by atoms with E-state index in [0.717, 1.165) is 40.6 Å². The summed E-state index contributed by atoms with van der Waals surface area (Å²) in [6.07, 6.45) is 3.85. The molecule has 42 heavy (non-hydrogen) atoms. The van der Waals surface area contributed by atoms with E-state index in [1.165, 1.54) is 29.8 Å². The number of aromatic nitrogens is 2. The van der Waals surface area contributed by atoms with E-state index in [4.69, 9.17) is 25.9 Å². The Balaban J connectivity index is 1.16. The van der Waals surface area contributed by atoms with Gasteiger partial charge in [-0.3, -0.25) is 4.79 Å². The third kappa shape index (κ3) is 6.69. The van der Waals surface area contributed by atoms with Gasteiger partial charge in [-0.15, -0.1) is 11.3 Å². The molecule has 2 N–H and O–H groups in total. The van der Waals surface area contributed by atoms with Crippen molar-refractivity contribution in [2.75, 3.05) is 11.9 Å². The number of hydrogen-bond donors (Lipinski definition) is 2. The minimum absolute atomic E-state index is 0.192. The van der Waals surface area contributed by atoms with Crippen LogP contribution in [0.15, 0.2) is 79.1 Å². The molecule has 1 atom stereocenters. The van der Waals surface area contributed by atoms with Gasteiger partial charge >= 0.3 is 0 Å². The van der Waals surface area contributed by atoms with Gasteiger partial charge in [-0.05, 0) is 78.6 Å². The van der Waals surface area contributed by atoms with Crippen LogP contribution in [0.5, 0.6) is 5.75 Å². The average Bonchev–Trinajstić information content (AvgIpc) is 3.51. The van der Waals surface area contributed by atoms with Crippen LogP contribution in [-0.4, -0.2) is 28.8 Å². The summed E-state index contributed by atoms with van der Waals surface area (Å²) in [5, 5.41) is 4.52. The molecule has 1 aliphatic heterocycles. The van der Waals surface area contributed by atoms with Crippen molar-refractivity contribution in [2.24, 2.45) is 0 Å². The number of benzene rings is 3. The number of ether oxygens (including phenoxy) is 2. The zero-order valence-corrected chi connectivity index (χ0v) is 23.9. The largest absolute Gasteiger partial charge is 0.487 e. The third-order valence-electron chi connectivity index (χ3n) is 6.65. The number of rotatable bonds is 9. The fourth-order valence-corrected chi connectivity index (χ4v) is 5.64. The van der Waals surface area contributed by atoms with Gasteiger partial charge in [0.05, 0.1) is 15.4 Å². The Hall–Kier alpha value is -4.09. The highest BCUT2D eigenvalue weighted by Gasteiger charge is 2.18. The topological polar surface area (TPSA) is 94.6 Å². The second-order valence-corrected chi connectivity index (χ2v) is 11.1. The van der Waals surface area contributed by atoms with E-state index in [9.17, 15) is 9.18 Å². The average molecular weight is 605 g/mol. The maximum Gasteiger partial charge on any atom is 0.285 e. The number of nitrogens with one attached hydrogen (secondary N) is 2. The molecule has 0 bridgehead atoms. The van der Waals surface area contributed by atoms with E-state index < -0.39 is 6.29 Å². The van der Waals surface area contributed by atoms with Gasteiger partial charge in [0.2, 0.25) is 0 Å². The molecule has 1 saturated heterocycles. The normalized spacial score (nSPS) is 15.0. The molecule has 3 heterocycles. The molecule has 3 aromatic carbocycles. The van der Waals surface area contributed by atoms with E-state index in [1.807, 2.05) is 30.3 Å². The molecular weight excluding hydrogens is 579 g/mol. The maximum atomic E-state index is 13.5. The van der Waals surface area contributed by atoms with Crippen LogP contribution in [0.25, 0.3) is 21.3 Å². The zero-order valence-electron chi connectivity index (χ0n) is 22.3. The summed E-state index contributed by atoms with van der Waals surface area (Å²) in [5.41, 5.74) is 5.60. The van der Waals surface area contributed by atoms with Crippen molar-refractivity contribution in [1.82, 2.24) is 15.4 Å². The first-order valence-corrected chi connectivity index (χ1v) is 14.6. The Morgan fingerprint density at radius 3 is 2.83 bits per heavy atom. The Bertz CT molecular complexity index is 1730. The number of carbonyl (C=O) groups is 1. The fraction of sp³-hybridized carbons (Fsp3) is 0.194. The minimum atomic E-state index is -0.410. The Kier molecular flexibility index (Phi) is 8.57.